The average molecular weight is 247 g/mol. The van der Waals surface area contributed by atoms with Gasteiger partial charge >= 0.3 is 0 Å². The number of thiazole rings is 1. The van der Waals surface area contributed by atoms with Gasteiger partial charge in [0, 0.05) is 6.20 Å². The molecule has 2 rings (SSSR count). The van der Waals surface area contributed by atoms with Crippen LogP contribution in [-0.4, -0.2) is 4.98 Å². The van der Waals surface area contributed by atoms with E-state index in [0.29, 0.717) is 4.88 Å². The standard InChI is InChI=1S/C9H5ClF2N2S/c10-4-1-2-5(11)7(8(4)12)6-3-14-9(13)15-6/h1-3H,(H2,13,14). The van der Waals surface area contributed by atoms with Crippen molar-refractivity contribution >= 4 is 28.1 Å². The smallest absolute Gasteiger partial charge is 0.180 e. The van der Waals surface area contributed by atoms with E-state index in [-0.39, 0.29) is 15.7 Å². The number of nitrogens with two attached hydrogens (primary N) is 1. The largest absolute Gasteiger partial charge is 0.375 e. The van der Waals surface area contributed by atoms with E-state index in [1.807, 2.05) is 0 Å². The minimum Gasteiger partial charge on any atom is -0.375 e. The summed E-state index contributed by atoms with van der Waals surface area (Å²) in [4.78, 5) is 4.05. The van der Waals surface area contributed by atoms with Crippen LogP contribution in [-0.2, 0) is 0 Å². The van der Waals surface area contributed by atoms with Gasteiger partial charge in [0.05, 0.1) is 15.5 Å². The molecule has 0 spiro atoms. The SMILES string of the molecule is Nc1ncc(-c2c(F)ccc(Cl)c2F)s1. The number of hydrogen-bond donors (Lipinski definition) is 1. The first-order valence-electron chi connectivity index (χ1n) is 3.95. The number of halogens is 3. The van der Waals surface area contributed by atoms with Crippen molar-refractivity contribution in [3.05, 3.63) is 35.0 Å². The minimum absolute atomic E-state index is 0.127. The fraction of sp³-hybridized carbons (Fsp3) is 0. The molecule has 2 nitrogen and oxygen atoms in total. The van der Waals surface area contributed by atoms with Crippen molar-refractivity contribution in [1.82, 2.24) is 4.98 Å². The van der Waals surface area contributed by atoms with E-state index >= 15 is 0 Å². The molecule has 2 aromatic rings. The van der Waals surface area contributed by atoms with Gasteiger partial charge in [-0.05, 0) is 12.1 Å². The van der Waals surface area contributed by atoms with Crippen LogP contribution in [0.3, 0.4) is 0 Å². The number of rotatable bonds is 1. The molecule has 0 aliphatic heterocycles. The molecule has 2 N–H and O–H groups in total. The Bertz CT molecular complexity index is 513. The monoisotopic (exact) mass is 246 g/mol. The molecular weight excluding hydrogens is 242 g/mol. The molecule has 1 aromatic carbocycles. The molecule has 0 unspecified atom stereocenters. The highest BCUT2D eigenvalue weighted by molar-refractivity contribution is 7.18. The second-order valence-electron chi connectivity index (χ2n) is 2.78. The Hall–Kier alpha value is -1.20. The van der Waals surface area contributed by atoms with Crippen LogP contribution in [0.25, 0.3) is 10.4 Å². The van der Waals surface area contributed by atoms with E-state index in [0.717, 1.165) is 17.4 Å². The van der Waals surface area contributed by atoms with Gasteiger partial charge < -0.3 is 5.73 Å². The summed E-state index contributed by atoms with van der Waals surface area (Å²) in [5.74, 6) is -1.47. The Morgan fingerprint density at radius 3 is 2.67 bits per heavy atom. The molecule has 15 heavy (non-hydrogen) atoms. The Kier molecular flexibility index (Phi) is 2.58. The summed E-state index contributed by atoms with van der Waals surface area (Å²) in [5, 5.41) is 0.127. The lowest BCUT2D eigenvalue weighted by Gasteiger charge is -2.02. The minimum atomic E-state index is -0.791. The average Bonchev–Trinajstić information content (AvgIpc) is 2.59. The first-order chi connectivity index (χ1) is 7.09. The molecule has 1 heterocycles. The summed E-state index contributed by atoms with van der Waals surface area (Å²) in [6.45, 7) is 0. The summed E-state index contributed by atoms with van der Waals surface area (Å²) in [5.41, 5.74) is 5.20. The van der Waals surface area contributed by atoms with Gasteiger partial charge in [0.15, 0.2) is 10.9 Å². The maximum Gasteiger partial charge on any atom is 0.180 e. The fourth-order valence-electron chi connectivity index (χ4n) is 1.16. The first kappa shape index (κ1) is 10.3. The highest BCUT2D eigenvalue weighted by atomic mass is 35.5. The molecule has 0 aliphatic rings. The lowest BCUT2D eigenvalue weighted by Crippen LogP contribution is -1.88. The molecule has 0 bridgehead atoms. The van der Waals surface area contributed by atoms with Gasteiger partial charge in [0.25, 0.3) is 0 Å². The molecule has 0 radical (unpaired) electrons. The topological polar surface area (TPSA) is 38.9 Å². The van der Waals surface area contributed by atoms with Gasteiger partial charge in [-0.15, -0.1) is 0 Å². The second-order valence-corrected chi connectivity index (χ2v) is 4.25. The third-order valence-electron chi connectivity index (χ3n) is 1.81. The number of benzene rings is 1. The van der Waals surface area contributed by atoms with Crippen LogP contribution in [0.1, 0.15) is 0 Å². The van der Waals surface area contributed by atoms with E-state index < -0.39 is 11.6 Å². The number of anilines is 1. The number of nitrogen functional groups attached to an aromatic ring is 1. The van der Waals surface area contributed by atoms with Crippen LogP contribution in [0.4, 0.5) is 13.9 Å². The van der Waals surface area contributed by atoms with Crippen molar-refractivity contribution in [2.75, 3.05) is 5.73 Å². The summed E-state index contributed by atoms with van der Waals surface area (Å²) in [6.07, 6.45) is 1.32. The van der Waals surface area contributed by atoms with Crippen molar-refractivity contribution in [2.45, 2.75) is 0 Å². The molecule has 0 saturated heterocycles. The Morgan fingerprint density at radius 1 is 1.33 bits per heavy atom. The molecule has 78 valence electrons. The number of nitrogens with zero attached hydrogens (tertiary/aromatic N) is 1. The van der Waals surface area contributed by atoms with E-state index in [4.69, 9.17) is 17.3 Å². The van der Waals surface area contributed by atoms with Crippen LogP contribution in [0.5, 0.6) is 0 Å². The zero-order valence-corrected chi connectivity index (χ0v) is 8.87. The van der Waals surface area contributed by atoms with Crippen LogP contribution >= 0.6 is 22.9 Å². The highest BCUT2D eigenvalue weighted by Crippen LogP contribution is 2.34. The van der Waals surface area contributed by atoms with Crippen molar-refractivity contribution in [3.8, 4) is 10.4 Å². The third kappa shape index (κ3) is 1.80. The number of aromatic nitrogens is 1. The van der Waals surface area contributed by atoms with Crippen molar-refractivity contribution in [2.24, 2.45) is 0 Å². The summed E-state index contributed by atoms with van der Waals surface area (Å²) < 4.78 is 26.9. The number of hydrogen-bond acceptors (Lipinski definition) is 3. The zero-order chi connectivity index (χ0) is 11.0. The van der Waals surface area contributed by atoms with Crippen molar-refractivity contribution in [1.29, 1.82) is 0 Å². The molecule has 0 amide bonds. The van der Waals surface area contributed by atoms with Crippen molar-refractivity contribution in [3.63, 3.8) is 0 Å². The molecular formula is C9H5ClF2N2S. The van der Waals surface area contributed by atoms with Gasteiger partial charge in [-0.25, -0.2) is 13.8 Å². The Labute approximate surface area is 93.3 Å². The van der Waals surface area contributed by atoms with Crippen LogP contribution in [0.15, 0.2) is 18.3 Å². The van der Waals surface area contributed by atoms with E-state index in [1.54, 1.807) is 0 Å². The highest BCUT2D eigenvalue weighted by Gasteiger charge is 2.16. The summed E-state index contributed by atoms with van der Waals surface area (Å²) in [7, 11) is 0. The predicted octanol–water partition coefficient (Wildman–Crippen LogP) is 3.32. The van der Waals surface area contributed by atoms with Gasteiger partial charge in [0.2, 0.25) is 0 Å². The quantitative estimate of drug-likeness (QED) is 0.784. The van der Waals surface area contributed by atoms with Gasteiger partial charge in [-0.2, -0.15) is 0 Å². The zero-order valence-electron chi connectivity index (χ0n) is 7.30. The Balaban J connectivity index is 2.66. The molecule has 0 aliphatic carbocycles. The van der Waals surface area contributed by atoms with E-state index in [1.165, 1.54) is 12.3 Å². The maximum atomic E-state index is 13.5. The lowest BCUT2D eigenvalue weighted by atomic mass is 10.2. The van der Waals surface area contributed by atoms with Gasteiger partial charge in [-0.3, -0.25) is 0 Å². The summed E-state index contributed by atoms with van der Waals surface area (Å²) >= 11 is 6.56. The normalized spacial score (nSPS) is 10.6. The molecule has 0 fully saturated rings. The maximum absolute atomic E-state index is 13.5. The molecule has 0 atom stereocenters. The molecule has 0 saturated carbocycles. The predicted molar refractivity (Wildman–Crippen MR) is 56.9 cm³/mol. The summed E-state index contributed by atoms with van der Waals surface area (Å²) in [6, 6.07) is 2.27. The van der Waals surface area contributed by atoms with E-state index in [9.17, 15) is 8.78 Å². The van der Waals surface area contributed by atoms with Crippen LogP contribution < -0.4 is 5.73 Å². The lowest BCUT2D eigenvalue weighted by molar-refractivity contribution is 0.590. The fourth-order valence-corrected chi connectivity index (χ4v) is 2.04. The Morgan fingerprint density at radius 2 is 2.07 bits per heavy atom. The second kappa shape index (κ2) is 3.75. The van der Waals surface area contributed by atoms with Gasteiger partial charge in [0.1, 0.15) is 5.82 Å². The molecule has 6 heteroatoms. The third-order valence-corrected chi connectivity index (χ3v) is 2.95. The first-order valence-corrected chi connectivity index (χ1v) is 5.14. The van der Waals surface area contributed by atoms with Crippen LogP contribution in [0, 0.1) is 11.6 Å². The van der Waals surface area contributed by atoms with Crippen molar-refractivity contribution < 1.29 is 8.78 Å². The van der Waals surface area contributed by atoms with Gasteiger partial charge in [-0.1, -0.05) is 22.9 Å². The molecule has 1 aromatic heterocycles. The van der Waals surface area contributed by atoms with Crippen LogP contribution in [0.2, 0.25) is 5.02 Å². The van der Waals surface area contributed by atoms with E-state index in [2.05, 4.69) is 4.98 Å².